The number of likely N-dealkylation sites (tertiary alicyclic amines) is 1. The average Bonchev–Trinajstić information content (AvgIpc) is 2.85. The van der Waals surface area contributed by atoms with E-state index in [1.54, 1.807) is 11.3 Å². The van der Waals surface area contributed by atoms with Crippen LogP contribution in [-0.4, -0.2) is 39.2 Å². The SMILES string of the molecule is Cc1sc2nc(CN3CC[C@H](O)C3)nc(N)c2c1C. The molecule has 1 aliphatic rings. The number of thiophene rings is 1. The highest BCUT2D eigenvalue weighted by Crippen LogP contribution is 2.32. The van der Waals surface area contributed by atoms with Gasteiger partial charge in [-0.1, -0.05) is 0 Å². The molecule has 6 heteroatoms. The maximum atomic E-state index is 9.54. The van der Waals surface area contributed by atoms with E-state index in [1.165, 1.54) is 10.4 Å². The average molecular weight is 278 g/mol. The maximum absolute atomic E-state index is 9.54. The molecule has 3 heterocycles. The molecule has 19 heavy (non-hydrogen) atoms. The normalized spacial score (nSPS) is 20.5. The lowest BCUT2D eigenvalue weighted by Gasteiger charge is -2.13. The van der Waals surface area contributed by atoms with Crippen molar-refractivity contribution in [3.05, 3.63) is 16.3 Å². The van der Waals surface area contributed by atoms with Crippen LogP contribution in [-0.2, 0) is 6.54 Å². The van der Waals surface area contributed by atoms with Crippen LogP contribution in [0, 0.1) is 13.8 Å². The summed E-state index contributed by atoms with van der Waals surface area (Å²) in [5.41, 5.74) is 7.24. The van der Waals surface area contributed by atoms with Gasteiger partial charge in [-0.05, 0) is 25.8 Å². The van der Waals surface area contributed by atoms with Gasteiger partial charge in [-0.25, -0.2) is 9.97 Å². The van der Waals surface area contributed by atoms with E-state index in [9.17, 15) is 5.11 Å². The van der Waals surface area contributed by atoms with E-state index in [0.29, 0.717) is 18.9 Å². The van der Waals surface area contributed by atoms with Gasteiger partial charge in [0.1, 0.15) is 16.5 Å². The highest BCUT2D eigenvalue weighted by Gasteiger charge is 2.21. The third-order valence-corrected chi connectivity index (χ3v) is 4.82. The number of fused-ring (bicyclic) bond motifs is 1. The van der Waals surface area contributed by atoms with E-state index in [2.05, 4.69) is 28.7 Å². The summed E-state index contributed by atoms with van der Waals surface area (Å²) in [4.78, 5) is 13.4. The molecule has 3 N–H and O–H groups in total. The van der Waals surface area contributed by atoms with Crippen molar-refractivity contribution in [2.45, 2.75) is 32.9 Å². The summed E-state index contributed by atoms with van der Waals surface area (Å²) >= 11 is 1.67. The quantitative estimate of drug-likeness (QED) is 0.870. The third-order valence-electron chi connectivity index (χ3n) is 3.72. The van der Waals surface area contributed by atoms with Gasteiger partial charge < -0.3 is 10.8 Å². The molecule has 0 aliphatic carbocycles. The summed E-state index contributed by atoms with van der Waals surface area (Å²) in [7, 11) is 0. The molecule has 5 nitrogen and oxygen atoms in total. The zero-order valence-electron chi connectivity index (χ0n) is 11.2. The largest absolute Gasteiger partial charge is 0.392 e. The molecule has 1 atom stereocenters. The van der Waals surface area contributed by atoms with Crippen molar-refractivity contribution in [3.8, 4) is 0 Å². The van der Waals surface area contributed by atoms with Crippen molar-refractivity contribution < 1.29 is 5.11 Å². The van der Waals surface area contributed by atoms with Crippen LogP contribution in [0.3, 0.4) is 0 Å². The Morgan fingerprint density at radius 2 is 2.21 bits per heavy atom. The Hall–Kier alpha value is -1.24. The predicted molar refractivity (Wildman–Crippen MR) is 77.2 cm³/mol. The number of nitrogens with two attached hydrogens (primary N) is 1. The van der Waals surface area contributed by atoms with Gasteiger partial charge in [0.15, 0.2) is 0 Å². The number of aliphatic hydroxyl groups is 1. The van der Waals surface area contributed by atoms with E-state index in [4.69, 9.17) is 5.73 Å². The van der Waals surface area contributed by atoms with E-state index < -0.39 is 0 Å². The van der Waals surface area contributed by atoms with Gasteiger partial charge in [0.2, 0.25) is 0 Å². The van der Waals surface area contributed by atoms with Crippen LogP contribution in [0.2, 0.25) is 0 Å². The lowest BCUT2D eigenvalue weighted by atomic mass is 10.2. The molecule has 0 radical (unpaired) electrons. The van der Waals surface area contributed by atoms with E-state index in [-0.39, 0.29) is 6.10 Å². The van der Waals surface area contributed by atoms with E-state index in [0.717, 1.165) is 29.0 Å². The number of β-amino-alcohol motifs (C(OH)–C–C–N with tert-alkyl or cyclic N) is 1. The molecule has 0 bridgehead atoms. The van der Waals surface area contributed by atoms with Gasteiger partial charge in [0.25, 0.3) is 0 Å². The van der Waals surface area contributed by atoms with Crippen LogP contribution in [0.15, 0.2) is 0 Å². The van der Waals surface area contributed by atoms with Gasteiger partial charge >= 0.3 is 0 Å². The Balaban J connectivity index is 1.93. The summed E-state index contributed by atoms with van der Waals surface area (Å²) in [6.45, 7) is 6.39. The number of hydrogen-bond acceptors (Lipinski definition) is 6. The highest BCUT2D eigenvalue weighted by molar-refractivity contribution is 7.18. The van der Waals surface area contributed by atoms with Crippen molar-refractivity contribution in [1.29, 1.82) is 0 Å². The van der Waals surface area contributed by atoms with Gasteiger partial charge in [0.05, 0.1) is 18.0 Å². The minimum absolute atomic E-state index is 0.215. The molecule has 1 saturated heterocycles. The molecule has 0 spiro atoms. The first kappa shape index (κ1) is 12.8. The summed E-state index contributed by atoms with van der Waals surface area (Å²) in [6, 6.07) is 0. The number of rotatable bonds is 2. The van der Waals surface area contributed by atoms with Crippen molar-refractivity contribution >= 4 is 27.4 Å². The van der Waals surface area contributed by atoms with Crippen LogP contribution in [0.25, 0.3) is 10.2 Å². The maximum Gasteiger partial charge on any atom is 0.146 e. The lowest BCUT2D eigenvalue weighted by molar-refractivity contribution is 0.174. The molecule has 1 fully saturated rings. The second kappa shape index (κ2) is 4.70. The van der Waals surface area contributed by atoms with Crippen molar-refractivity contribution in [2.24, 2.45) is 0 Å². The van der Waals surface area contributed by atoms with Crippen molar-refractivity contribution in [3.63, 3.8) is 0 Å². The van der Waals surface area contributed by atoms with E-state index >= 15 is 0 Å². The van der Waals surface area contributed by atoms with Crippen LogP contribution in [0.1, 0.15) is 22.7 Å². The van der Waals surface area contributed by atoms with Gasteiger partial charge in [-0.15, -0.1) is 11.3 Å². The molecule has 1 aliphatic heterocycles. The molecule has 2 aromatic rings. The first-order chi connectivity index (χ1) is 9.04. The van der Waals surface area contributed by atoms with Gasteiger partial charge in [-0.3, -0.25) is 4.90 Å². The standard InChI is InChI=1S/C13H18N4OS/c1-7-8(2)19-13-11(7)12(14)15-10(16-13)6-17-4-3-9(18)5-17/h9,18H,3-6H2,1-2H3,(H2,14,15,16)/t9-/m0/s1. The highest BCUT2D eigenvalue weighted by atomic mass is 32.1. The first-order valence-corrected chi connectivity index (χ1v) is 7.28. The second-order valence-electron chi connectivity index (χ2n) is 5.17. The molecule has 0 aromatic carbocycles. The number of aromatic nitrogens is 2. The molecular weight excluding hydrogens is 260 g/mol. The monoisotopic (exact) mass is 278 g/mol. The minimum atomic E-state index is -0.215. The fourth-order valence-electron chi connectivity index (χ4n) is 2.55. The zero-order valence-corrected chi connectivity index (χ0v) is 12.0. The first-order valence-electron chi connectivity index (χ1n) is 6.47. The van der Waals surface area contributed by atoms with Gasteiger partial charge in [-0.2, -0.15) is 0 Å². The number of anilines is 1. The summed E-state index contributed by atoms with van der Waals surface area (Å²) < 4.78 is 0. The number of nitrogen functional groups attached to an aromatic ring is 1. The number of hydrogen-bond donors (Lipinski definition) is 2. The molecule has 3 rings (SSSR count). The predicted octanol–water partition coefficient (Wildman–Crippen LogP) is 1.46. The summed E-state index contributed by atoms with van der Waals surface area (Å²) in [6.07, 6.45) is 0.613. The molecule has 2 aromatic heterocycles. The Labute approximate surface area is 116 Å². The van der Waals surface area contributed by atoms with E-state index in [1.807, 2.05) is 0 Å². The van der Waals surface area contributed by atoms with Crippen molar-refractivity contribution in [1.82, 2.24) is 14.9 Å². The molecular formula is C13H18N4OS. The smallest absolute Gasteiger partial charge is 0.146 e. The number of aryl methyl sites for hydroxylation is 2. The Kier molecular flexibility index (Phi) is 3.16. The second-order valence-corrected chi connectivity index (χ2v) is 6.37. The molecule has 0 amide bonds. The Morgan fingerprint density at radius 3 is 2.89 bits per heavy atom. The molecule has 102 valence electrons. The number of aliphatic hydroxyl groups excluding tert-OH is 1. The fraction of sp³-hybridized carbons (Fsp3) is 0.538. The third kappa shape index (κ3) is 2.31. The van der Waals surface area contributed by atoms with Crippen LogP contribution in [0.4, 0.5) is 5.82 Å². The summed E-state index contributed by atoms with van der Waals surface area (Å²) in [5.74, 6) is 1.32. The topological polar surface area (TPSA) is 75.3 Å². The molecule has 0 unspecified atom stereocenters. The fourth-order valence-corrected chi connectivity index (χ4v) is 3.61. The minimum Gasteiger partial charge on any atom is -0.392 e. The van der Waals surface area contributed by atoms with Crippen molar-refractivity contribution in [2.75, 3.05) is 18.8 Å². The zero-order chi connectivity index (χ0) is 13.6. The molecule has 0 saturated carbocycles. The van der Waals surface area contributed by atoms with Crippen LogP contribution in [0.5, 0.6) is 0 Å². The number of nitrogens with zero attached hydrogens (tertiary/aromatic N) is 3. The van der Waals surface area contributed by atoms with Crippen LogP contribution >= 0.6 is 11.3 Å². The summed E-state index contributed by atoms with van der Waals surface area (Å²) in [5, 5.41) is 10.5. The van der Waals surface area contributed by atoms with Crippen LogP contribution < -0.4 is 5.73 Å². The lowest BCUT2D eigenvalue weighted by Crippen LogP contribution is -2.23. The Morgan fingerprint density at radius 1 is 1.42 bits per heavy atom. The van der Waals surface area contributed by atoms with Gasteiger partial charge in [0, 0.05) is 18.0 Å². The Bertz CT molecular complexity index is 625.